The summed E-state index contributed by atoms with van der Waals surface area (Å²) in [5, 5.41) is 0.604. The zero-order chi connectivity index (χ0) is 14.9. The highest BCUT2D eigenvalue weighted by Crippen LogP contribution is 2.24. The molecule has 1 aromatic heterocycles. The van der Waals surface area contributed by atoms with Crippen molar-refractivity contribution in [2.24, 2.45) is 0 Å². The maximum Gasteiger partial charge on any atom is 0.334 e. The molecule has 1 aromatic carbocycles. The van der Waals surface area contributed by atoms with Gasteiger partial charge in [0.05, 0.1) is 16.3 Å². The minimum Gasteiger partial charge on any atom is -0.297 e. The fourth-order valence-corrected chi connectivity index (χ4v) is 2.61. The lowest BCUT2D eigenvalue weighted by atomic mass is 10.2. The molecule has 0 amide bonds. The molecule has 1 heterocycles. The molecule has 0 unspecified atom stereocenters. The summed E-state index contributed by atoms with van der Waals surface area (Å²) in [5.74, 6) is 0. The number of hydrogen-bond acceptors (Lipinski definition) is 2. The number of rotatable bonds is 3. The third-order valence-corrected chi connectivity index (χ3v) is 4.34. The number of aromatic amines is 1. The number of halogens is 3. The molecule has 2 aromatic rings. The van der Waals surface area contributed by atoms with Crippen LogP contribution in [0.3, 0.4) is 0 Å². The molecule has 4 nitrogen and oxygen atoms in total. The molecule has 20 heavy (non-hydrogen) atoms. The van der Waals surface area contributed by atoms with Gasteiger partial charge in [0, 0.05) is 4.47 Å². The highest BCUT2D eigenvalue weighted by atomic mass is 79.9. The van der Waals surface area contributed by atoms with Crippen LogP contribution in [-0.4, -0.2) is 9.55 Å². The van der Waals surface area contributed by atoms with Gasteiger partial charge in [0.2, 0.25) is 0 Å². The molecule has 0 spiro atoms. The summed E-state index contributed by atoms with van der Waals surface area (Å²) < 4.78 is 1.66. The Balaban J connectivity index is 2.73. The summed E-state index contributed by atoms with van der Waals surface area (Å²) in [6, 6.07) is 4.83. The van der Waals surface area contributed by atoms with Crippen LogP contribution < -0.4 is 11.2 Å². The van der Waals surface area contributed by atoms with Gasteiger partial charge in [0.25, 0.3) is 5.56 Å². The van der Waals surface area contributed by atoms with E-state index in [9.17, 15) is 9.59 Å². The molecule has 0 aliphatic carbocycles. The lowest BCUT2D eigenvalue weighted by Gasteiger charge is -2.09. The van der Waals surface area contributed by atoms with Gasteiger partial charge in [-0.05, 0) is 40.5 Å². The second-order valence-corrected chi connectivity index (χ2v) is 5.85. The lowest BCUT2D eigenvalue weighted by Crippen LogP contribution is -2.36. The molecule has 7 heteroatoms. The van der Waals surface area contributed by atoms with E-state index in [-0.39, 0.29) is 5.15 Å². The highest BCUT2D eigenvalue weighted by molar-refractivity contribution is 9.10. The summed E-state index contributed by atoms with van der Waals surface area (Å²) in [5.41, 5.74) is -0.148. The normalized spacial score (nSPS) is 10.8. The van der Waals surface area contributed by atoms with Gasteiger partial charge in [-0.15, -0.1) is 0 Å². The van der Waals surface area contributed by atoms with Crippen molar-refractivity contribution in [3.63, 3.8) is 0 Å². The van der Waals surface area contributed by atoms with Crippen molar-refractivity contribution in [3.05, 3.63) is 59.2 Å². The Morgan fingerprint density at radius 3 is 2.60 bits per heavy atom. The maximum atomic E-state index is 12.4. The first-order valence-corrected chi connectivity index (χ1v) is 7.49. The highest BCUT2D eigenvalue weighted by Gasteiger charge is 2.14. The summed E-state index contributed by atoms with van der Waals surface area (Å²) in [7, 11) is 0. The first-order valence-electron chi connectivity index (χ1n) is 5.94. The Kier molecular flexibility index (Phi) is 4.73. The Morgan fingerprint density at radius 2 is 2.00 bits per heavy atom. The van der Waals surface area contributed by atoms with E-state index in [0.717, 1.165) is 11.0 Å². The number of hydrogen-bond donors (Lipinski definition) is 1. The summed E-state index contributed by atoms with van der Waals surface area (Å²) in [6.07, 6.45) is 1.26. The van der Waals surface area contributed by atoms with Gasteiger partial charge >= 0.3 is 5.69 Å². The van der Waals surface area contributed by atoms with Gasteiger partial charge in [-0.1, -0.05) is 36.5 Å². The molecule has 0 fully saturated rings. The molecule has 0 aliphatic rings. The van der Waals surface area contributed by atoms with Crippen molar-refractivity contribution in [2.75, 3.05) is 0 Å². The molecular weight excluding hydrogens is 367 g/mol. The van der Waals surface area contributed by atoms with Crippen LogP contribution in [-0.2, 0) is 6.42 Å². The summed E-state index contributed by atoms with van der Waals surface area (Å²) in [6.45, 7) is 1.93. The zero-order valence-corrected chi connectivity index (χ0v) is 13.6. The van der Waals surface area contributed by atoms with Crippen LogP contribution >= 0.6 is 39.1 Å². The fraction of sp³-hybridized carbons (Fsp3) is 0.231. The molecule has 0 radical (unpaired) electrons. The molecular formula is C13H11BrCl2N2O2. The smallest absolute Gasteiger partial charge is 0.297 e. The van der Waals surface area contributed by atoms with Crippen LogP contribution in [0.1, 0.15) is 18.9 Å². The molecule has 0 saturated heterocycles. The molecule has 0 atom stereocenters. The van der Waals surface area contributed by atoms with Crippen molar-refractivity contribution in [1.82, 2.24) is 9.55 Å². The first-order chi connectivity index (χ1) is 9.45. The predicted octanol–water partition coefficient (Wildman–Crippen LogP) is 3.55. The second-order valence-electron chi connectivity index (χ2n) is 4.21. The number of aromatic nitrogens is 2. The average molecular weight is 378 g/mol. The van der Waals surface area contributed by atoms with E-state index in [4.69, 9.17) is 23.2 Å². The predicted molar refractivity (Wildman–Crippen MR) is 84.4 cm³/mol. The SMILES string of the molecule is CCCc1c(Cl)[nH]c(=O)n(-c2ccc(Cl)c(Br)c2)c1=O. The van der Waals surface area contributed by atoms with Crippen LogP contribution in [0.4, 0.5) is 0 Å². The first kappa shape index (κ1) is 15.4. The van der Waals surface area contributed by atoms with Gasteiger partial charge in [-0.3, -0.25) is 9.78 Å². The van der Waals surface area contributed by atoms with Crippen molar-refractivity contribution in [2.45, 2.75) is 19.8 Å². The van der Waals surface area contributed by atoms with Gasteiger partial charge in [-0.25, -0.2) is 9.36 Å². The summed E-state index contributed by atoms with van der Waals surface area (Å²) in [4.78, 5) is 26.9. The summed E-state index contributed by atoms with van der Waals surface area (Å²) >= 11 is 15.1. The van der Waals surface area contributed by atoms with Gasteiger partial charge < -0.3 is 0 Å². The van der Waals surface area contributed by atoms with Crippen LogP contribution in [0.5, 0.6) is 0 Å². The molecule has 0 bridgehead atoms. The van der Waals surface area contributed by atoms with E-state index in [1.165, 1.54) is 0 Å². The quantitative estimate of drug-likeness (QED) is 0.831. The molecule has 0 aliphatic heterocycles. The Labute approximate surface area is 133 Å². The third kappa shape index (κ3) is 2.85. The lowest BCUT2D eigenvalue weighted by molar-refractivity contribution is 0.811. The van der Waals surface area contributed by atoms with E-state index < -0.39 is 11.2 Å². The minimum atomic E-state index is -0.575. The van der Waals surface area contributed by atoms with Crippen molar-refractivity contribution < 1.29 is 0 Å². The number of nitrogens with one attached hydrogen (secondary N) is 1. The standard InChI is InChI=1S/C13H11BrCl2N2O2/c1-2-3-8-11(16)17-13(20)18(12(8)19)7-4-5-10(15)9(14)6-7/h4-6H,2-3H2,1H3,(H,17,20). The van der Waals surface area contributed by atoms with E-state index in [0.29, 0.717) is 27.2 Å². The largest absolute Gasteiger partial charge is 0.334 e. The van der Waals surface area contributed by atoms with E-state index in [1.807, 2.05) is 6.92 Å². The van der Waals surface area contributed by atoms with Crippen LogP contribution in [0.2, 0.25) is 10.2 Å². The van der Waals surface area contributed by atoms with E-state index in [1.54, 1.807) is 18.2 Å². The maximum absolute atomic E-state index is 12.4. The fourth-order valence-electron chi connectivity index (χ4n) is 1.87. The van der Waals surface area contributed by atoms with Gasteiger partial charge in [0.1, 0.15) is 5.15 Å². The van der Waals surface area contributed by atoms with Crippen molar-refractivity contribution in [1.29, 1.82) is 0 Å². The Morgan fingerprint density at radius 1 is 1.30 bits per heavy atom. The molecule has 2 rings (SSSR count). The number of nitrogens with zero attached hydrogens (tertiary/aromatic N) is 1. The monoisotopic (exact) mass is 376 g/mol. The minimum absolute atomic E-state index is 0.103. The third-order valence-electron chi connectivity index (χ3n) is 2.81. The zero-order valence-electron chi connectivity index (χ0n) is 10.5. The molecule has 0 saturated carbocycles. The Hall–Kier alpha value is -1.04. The van der Waals surface area contributed by atoms with Crippen molar-refractivity contribution >= 4 is 39.1 Å². The van der Waals surface area contributed by atoms with Crippen molar-refractivity contribution in [3.8, 4) is 5.69 Å². The molecule has 106 valence electrons. The topological polar surface area (TPSA) is 54.9 Å². The number of benzene rings is 1. The van der Waals surface area contributed by atoms with E-state index >= 15 is 0 Å². The van der Waals surface area contributed by atoms with Crippen LogP contribution in [0.25, 0.3) is 5.69 Å². The number of H-pyrrole nitrogens is 1. The van der Waals surface area contributed by atoms with Gasteiger partial charge in [-0.2, -0.15) is 0 Å². The van der Waals surface area contributed by atoms with Gasteiger partial charge in [0.15, 0.2) is 0 Å². The van der Waals surface area contributed by atoms with Crippen LogP contribution in [0, 0.1) is 0 Å². The van der Waals surface area contributed by atoms with E-state index in [2.05, 4.69) is 20.9 Å². The van der Waals surface area contributed by atoms with Crippen LogP contribution in [0.15, 0.2) is 32.3 Å². The average Bonchev–Trinajstić information content (AvgIpc) is 2.38. The Bertz CT molecular complexity index is 768. The molecule has 1 N–H and O–H groups in total. The second kappa shape index (κ2) is 6.16.